The summed E-state index contributed by atoms with van der Waals surface area (Å²) in [5.74, 6) is 1.68. The Morgan fingerprint density at radius 1 is 1.33 bits per heavy atom. The van der Waals surface area contributed by atoms with Crippen LogP contribution in [0.2, 0.25) is 0 Å². The molecule has 0 amide bonds. The van der Waals surface area contributed by atoms with Gasteiger partial charge in [0.05, 0.1) is 7.11 Å². The van der Waals surface area contributed by atoms with Gasteiger partial charge < -0.3 is 10.1 Å². The van der Waals surface area contributed by atoms with Crippen LogP contribution in [0, 0.1) is 25.7 Å². The Bertz CT molecular complexity index is 464. The minimum absolute atomic E-state index is 0.0951. The lowest BCUT2D eigenvalue weighted by molar-refractivity contribution is 0.0853. The van der Waals surface area contributed by atoms with E-state index in [4.69, 9.17) is 4.74 Å². The molecule has 1 aliphatic rings. The molecule has 0 saturated carbocycles. The summed E-state index contributed by atoms with van der Waals surface area (Å²) >= 11 is 0. The van der Waals surface area contributed by atoms with Crippen molar-refractivity contribution in [3.05, 3.63) is 28.8 Å². The van der Waals surface area contributed by atoms with E-state index in [1.807, 2.05) is 32.9 Å². The molecule has 0 spiro atoms. The van der Waals surface area contributed by atoms with E-state index in [2.05, 4.69) is 5.32 Å². The van der Waals surface area contributed by atoms with Gasteiger partial charge in [0.15, 0.2) is 5.78 Å². The minimum Gasteiger partial charge on any atom is -0.496 e. The van der Waals surface area contributed by atoms with Gasteiger partial charge in [-0.2, -0.15) is 0 Å². The first-order valence-electron chi connectivity index (χ1n) is 6.44. The lowest BCUT2D eigenvalue weighted by Crippen LogP contribution is -2.47. The van der Waals surface area contributed by atoms with Crippen LogP contribution in [-0.4, -0.2) is 26.0 Å². The predicted octanol–water partition coefficient (Wildman–Crippen LogP) is 2.35. The van der Waals surface area contributed by atoms with Gasteiger partial charge in [0.2, 0.25) is 0 Å². The Balaban J connectivity index is 2.27. The van der Waals surface area contributed by atoms with Crippen LogP contribution in [-0.2, 0) is 0 Å². The molecule has 1 heterocycles. The summed E-state index contributed by atoms with van der Waals surface area (Å²) in [7, 11) is 1.66. The first kappa shape index (κ1) is 13.1. The SMILES string of the molecule is COc1cc(C)c(C(=O)C(C)C2CNC2)cc1C. The van der Waals surface area contributed by atoms with Gasteiger partial charge in [-0.05, 0) is 56.1 Å². The molecule has 1 aliphatic heterocycles. The lowest BCUT2D eigenvalue weighted by atomic mass is 9.82. The lowest BCUT2D eigenvalue weighted by Gasteiger charge is -2.32. The highest BCUT2D eigenvalue weighted by atomic mass is 16.5. The van der Waals surface area contributed by atoms with E-state index in [0.29, 0.717) is 5.92 Å². The number of nitrogens with one attached hydrogen (secondary N) is 1. The van der Waals surface area contributed by atoms with E-state index in [0.717, 1.165) is 35.5 Å². The molecule has 0 aliphatic carbocycles. The van der Waals surface area contributed by atoms with Crippen LogP contribution in [0.1, 0.15) is 28.4 Å². The summed E-state index contributed by atoms with van der Waals surface area (Å²) in [6.07, 6.45) is 0. The number of ketones is 1. The van der Waals surface area contributed by atoms with Crippen molar-refractivity contribution in [2.75, 3.05) is 20.2 Å². The highest BCUT2D eigenvalue weighted by Gasteiger charge is 2.30. The third-order valence-electron chi connectivity index (χ3n) is 3.94. The highest BCUT2D eigenvalue weighted by molar-refractivity contribution is 5.99. The van der Waals surface area contributed by atoms with Crippen molar-refractivity contribution in [1.29, 1.82) is 0 Å². The van der Waals surface area contributed by atoms with Crippen molar-refractivity contribution >= 4 is 5.78 Å². The van der Waals surface area contributed by atoms with E-state index in [-0.39, 0.29) is 11.7 Å². The van der Waals surface area contributed by atoms with Crippen LogP contribution in [0.5, 0.6) is 5.75 Å². The topological polar surface area (TPSA) is 38.3 Å². The molecule has 2 rings (SSSR count). The normalized spacial score (nSPS) is 17.1. The van der Waals surface area contributed by atoms with Crippen molar-refractivity contribution in [3.63, 3.8) is 0 Å². The molecule has 3 heteroatoms. The molecule has 0 bridgehead atoms. The first-order valence-corrected chi connectivity index (χ1v) is 6.44. The molecule has 1 unspecified atom stereocenters. The Morgan fingerprint density at radius 2 is 2.00 bits per heavy atom. The maximum atomic E-state index is 12.5. The molecular weight excluding hydrogens is 226 g/mol. The summed E-state index contributed by atoms with van der Waals surface area (Å²) in [5, 5.41) is 3.22. The fraction of sp³-hybridized carbons (Fsp3) is 0.533. The molecule has 98 valence electrons. The van der Waals surface area contributed by atoms with E-state index in [1.165, 1.54) is 0 Å². The van der Waals surface area contributed by atoms with E-state index in [1.54, 1.807) is 7.11 Å². The number of Topliss-reactive ketones (excluding diaryl/α,β-unsaturated/α-hetero) is 1. The number of benzene rings is 1. The number of aryl methyl sites for hydroxylation is 2. The number of hydrogen-bond acceptors (Lipinski definition) is 3. The summed E-state index contributed by atoms with van der Waals surface area (Å²) in [4.78, 5) is 12.5. The van der Waals surface area contributed by atoms with E-state index >= 15 is 0 Å². The van der Waals surface area contributed by atoms with Gasteiger partial charge in [-0.1, -0.05) is 6.92 Å². The van der Waals surface area contributed by atoms with Gasteiger partial charge in [-0.25, -0.2) is 0 Å². The molecule has 1 atom stereocenters. The van der Waals surface area contributed by atoms with Gasteiger partial charge in [0.25, 0.3) is 0 Å². The molecular formula is C15H21NO2. The van der Waals surface area contributed by atoms with E-state index in [9.17, 15) is 4.79 Å². The molecule has 1 N–H and O–H groups in total. The summed E-state index contributed by atoms with van der Waals surface area (Å²) in [6, 6.07) is 3.91. The predicted molar refractivity (Wildman–Crippen MR) is 72.3 cm³/mol. The second kappa shape index (κ2) is 5.11. The Hall–Kier alpha value is -1.35. The van der Waals surface area contributed by atoms with Crippen molar-refractivity contribution in [2.24, 2.45) is 11.8 Å². The third kappa shape index (κ3) is 2.27. The standard InChI is InChI=1S/C15H21NO2/c1-9-6-14(18-4)10(2)5-13(9)15(17)11(3)12-7-16-8-12/h5-6,11-12,16H,7-8H2,1-4H3. The van der Waals surface area contributed by atoms with Gasteiger partial charge in [-0.3, -0.25) is 4.79 Å². The van der Waals surface area contributed by atoms with Crippen LogP contribution < -0.4 is 10.1 Å². The first-order chi connectivity index (χ1) is 8.54. The molecule has 1 aromatic rings. The maximum absolute atomic E-state index is 12.5. The maximum Gasteiger partial charge on any atom is 0.166 e. The molecule has 3 nitrogen and oxygen atoms in total. The zero-order valence-electron chi connectivity index (χ0n) is 11.5. The van der Waals surface area contributed by atoms with Crippen molar-refractivity contribution < 1.29 is 9.53 Å². The average Bonchev–Trinajstić information content (AvgIpc) is 2.28. The highest BCUT2D eigenvalue weighted by Crippen LogP contribution is 2.27. The Labute approximate surface area is 109 Å². The molecule has 0 aromatic heterocycles. The summed E-state index contributed by atoms with van der Waals surface area (Å²) < 4.78 is 5.28. The molecule has 1 saturated heterocycles. The summed E-state index contributed by atoms with van der Waals surface area (Å²) in [6.45, 7) is 7.90. The molecule has 18 heavy (non-hydrogen) atoms. The Morgan fingerprint density at radius 3 is 2.50 bits per heavy atom. The minimum atomic E-state index is 0.0951. The van der Waals surface area contributed by atoms with E-state index < -0.39 is 0 Å². The van der Waals surface area contributed by atoms with Gasteiger partial charge in [0, 0.05) is 11.5 Å². The second-order valence-corrected chi connectivity index (χ2v) is 5.21. The number of hydrogen-bond donors (Lipinski definition) is 1. The van der Waals surface area contributed by atoms with Crippen LogP contribution in [0.15, 0.2) is 12.1 Å². The fourth-order valence-corrected chi connectivity index (χ4v) is 2.40. The van der Waals surface area contributed by atoms with Crippen LogP contribution >= 0.6 is 0 Å². The zero-order chi connectivity index (χ0) is 13.3. The van der Waals surface area contributed by atoms with Gasteiger partial charge in [0.1, 0.15) is 5.75 Å². The molecule has 1 fully saturated rings. The average molecular weight is 247 g/mol. The Kier molecular flexibility index (Phi) is 3.71. The zero-order valence-corrected chi connectivity index (χ0v) is 11.5. The van der Waals surface area contributed by atoms with Crippen molar-refractivity contribution in [3.8, 4) is 5.75 Å². The number of carbonyl (C=O) groups is 1. The van der Waals surface area contributed by atoms with Crippen LogP contribution in [0.25, 0.3) is 0 Å². The second-order valence-electron chi connectivity index (χ2n) is 5.21. The number of methoxy groups -OCH3 is 1. The van der Waals surface area contributed by atoms with Gasteiger partial charge in [-0.15, -0.1) is 0 Å². The van der Waals surface area contributed by atoms with Crippen molar-refractivity contribution in [2.45, 2.75) is 20.8 Å². The molecule has 0 radical (unpaired) electrons. The molecule has 1 aromatic carbocycles. The van der Waals surface area contributed by atoms with Crippen LogP contribution in [0.4, 0.5) is 0 Å². The number of ether oxygens (including phenoxy) is 1. The third-order valence-corrected chi connectivity index (χ3v) is 3.94. The smallest absolute Gasteiger partial charge is 0.166 e. The number of carbonyl (C=O) groups excluding carboxylic acids is 1. The van der Waals surface area contributed by atoms with Gasteiger partial charge >= 0.3 is 0 Å². The number of rotatable bonds is 4. The monoisotopic (exact) mass is 247 g/mol. The van der Waals surface area contributed by atoms with Crippen molar-refractivity contribution in [1.82, 2.24) is 5.32 Å². The fourth-order valence-electron chi connectivity index (χ4n) is 2.40. The summed E-state index contributed by atoms with van der Waals surface area (Å²) in [5.41, 5.74) is 2.86. The quantitative estimate of drug-likeness (QED) is 0.830. The largest absolute Gasteiger partial charge is 0.496 e. The van der Waals surface area contributed by atoms with Crippen LogP contribution in [0.3, 0.4) is 0 Å².